The van der Waals surface area contributed by atoms with Crippen molar-refractivity contribution in [3.63, 3.8) is 0 Å². The molecule has 2 aromatic carbocycles. The molecular formula is C14H9F3N2O5. The Balaban J connectivity index is 2.29. The Kier molecular flexibility index (Phi) is 4.67. The number of nitrogens with zero attached hydrogens (tertiary/aromatic N) is 2. The summed E-state index contributed by atoms with van der Waals surface area (Å²) in [7, 11) is 0. The monoisotopic (exact) mass is 342 g/mol. The van der Waals surface area contributed by atoms with Crippen LogP contribution in [0.25, 0.3) is 0 Å². The molecule has 0 radical (unpaired) electrons. The van der Waals surface area contributed by atoms with Crippen LogP contribution in [0.4, 0.5) is 24.5 Å². The average Bonchev–Trinajstić information content (AvgIpc) is 2.47. The maximum absolute atomic E-state index is 12.4. The van der Waals surface area contributed by atoms with E-state index in [-0.39, 0.29) is 22.7 Å². The lowest BCUT2D eigenvalue weighted by Crippen LogP contribution is -2.11. The Labute approximate surface area is 132 Å². The second-order valence-corrected chi connectivity index (χ2v) is 4.70. The van der Waals surface area contributed by atoms with Gasteiger partial charge in [0.1, 0.15) is 5.75 Å². The third kappa shape index (κ3) is 4.41. The maximum Gasteiger partial charge on any atom is 0.393 e. The quantitative estimate of drug-likeness (QED) is 0.593. The van der Waals surface area contributed by atoms with Gasteiger partial charge in [-0.3, -0.25) is 20.2 Å². The SMILES string of the molecule is O=[N+]([O-])c1ccc(Oc2ccc(CC(F)(F)F)cc2[N+](=O)[O-])cc1. The lowest BCUT2D eigenvalue weighted by molar-refractivity contribution is -0.385. The predicted molar refractivity (Wildman–Crippen MR) is 76.0 cm³/mol. The summed E-state index contributed by atoms with van der Waals surface area (Å²) in [5.41, 5.74) is -1.10. The van der Waals surface area contributed by atoms with Crippen molar-refractivity contribution in [3.8, 4) is 11.5 Å². The molecule has 0 fully saturated rings. The lowest BCUT2D eigenvalue weighted by atomic mass is 10.1. The standard InChI is InChI=1S/C14H9F3N2O5/c15-14(16,17)8-9-1-6-13(12(7-9)19(22)23)24-11-4-2-10(3-5-11)18(20)21/h1-7H,8H2. The first-order valence-electron chi connectivity index (χ1n) is 6.42. The highest BCUT2D eigenvalue weighted by molar-refractivity contribution is 5.51. The number of halogens is 3. The number of nitro benzene ring substituents is 2. The van der Waals surface area contributed by atoms with Gasteiger partial charge in [-0.25, -0.2) is 0 Å². The summed E-state index contributed by atoms with van der Waals surface area (Å²) in [5.74, 6) is -0.188. The Hall–Kier alpha value is -3.17. The first-order chi connectivity index (χ1) is 11.2. The summed E-state index contributed by atoms with van der Waals surface area (Å²) < 4.78 is 42.4. The molecule has 0 heterocycles. The molecule has 0 aromatic heterocycles. The molecule has 0 saturated carbocycles. The van der Waals surface area contributed by atoms with E-state index in [1.807, 2.05) is 0 Å². The van der Waals surface area contributed by atoms with Crippen LogP contribution in [0, 0.1) is 20.2 Å². The molecule has 0 unspecified atom stereocenters. The summed E-state index contributed by atoms with van der Waals surface area (Å²) in [6.45, 7) is 0. The van der Waals surface area contributed by atoms with Crippen LogP contribution in [0.15, 0.2) is 42.5 Å². The molecule has 7 nitrogen and oxygen atoms in total. The molecule has 10 heteroatoms. The summed E-state index contributed by atoms with van der Waals surface area (Å²) in [5, 5.41) is 21.6. The second-order valence-electron chi connectivity index (χ2n) is 4.70. The van der Waals surface area contributed by atoms with Gasteiger partial charge in [0, 0.05) is 18.2 Å². The van der Waals surface area contributed by atoms with Gasteiger partial charge in [0.25, 0.3) is 5.69 Å². The Bertz CT molecular complexity index is 775. The van der Waals surface area contributed by atoms with Crippen molar-refractivity contribution in [1.82, 2.24) is 0 Å². The van der Waals surface area contributed by atoms with Crippen molar-refractivity contribution < 1.29 is 27.8 Å². The predicted octanol–water partition coefficient (Wildman–Crippen LogP) is 4.40. The molecule has 24 heavy (non-hydrogen) atoms. The molecule has 2 aromatic rings. The molecule has 0 bridgehead atoms. The zero-order chi connectivity index (χ0) is 17.9. The molecule has 0 atom stereocenters. The summed E-state index contributed by atoms with van der Waals surface area (Å²) in [4.78, 5) is 20.1. The van der Waals surface area contributed by atoms with Gasteiger partial charge in [0.15, 0.2) is 0 Å². The van der Waals surface area contributed by atoms with Crippen LogP contribution >= 0.6 is 0 Å². The zero-order valence-corrected chi connectivity index (χ0v) is 11.8. The second kappa shape index (κ2) is 6.52. The highest BCUT2D eigenvalue weighted by atomic mass is 19.4. The molecule has 0 spiro atoms. The molecule has 0 amide bonds. The van der Waals surface area contributed by atoms with Gasteiger partial charge in [-0.15, -0.1) is 0 Å². The van der Waals surface area contributed by atoms with Crippen molar-refractivity contribution in [2.45, 2.75) is 12.6 Å². The van der Waals surface area contributed by atoms with E-state index in [0.717, 1.165) is 30.3 Å². The van der Waals surface area contributed by atoms with Crippen molar-refractivity contribution in [2.75, 3.05) is 0 Å². The lowest BCUT2D eigenvalue weighted by Gasteiger charge is -2.09. The van der Waals surface area contributed by atoms with E-state index in [1.54, 1.807) is 0 Å². The normalized spacial score (nSPS) is 11.1. The van der Waals surface area contributed by atoms with E-state index in [2.05, 4.69) is 0 Å². The Morgan fingerprint density at radius 1 is 0.958 bits per heavy atom. The highest BCUT2D eigenvalue weighted by Crippen LogP contribution is 2.34. The number of non-ortho nitro benzene ring substituents is 1. The fourth-order valence-electron chi connectivity index (χ4n) is 1.90. The Morgan fingerprint density at radius 2 is 1.58 bits per heavy atom. The number of hydrogen-bond donors (Lipinski definition) is 0. The van der Waals surface area contributed by atoms with E-state index in [4.69, 9.17) is 4.74 Å². The fraction of sp³-hybridized carbons (Fsp3) is 0.143. The van der Waals surface area contributed by atoms with Crippen LogP contribution < -0.4 is 4.74 Å². The third-order valence-electron chi connectivity index (χ3n) is 2.90. The fourth-order valence-corrected chi connectivity index (χ4v) is 1.90. The van der Waals surface area contributed by atoms with Gasteiger partial charge < -0.3 is 4.74 Å². The molecule has 126 valence electrons. The van der Waals surface area contributed by atoms with Crippen LogP contribution in [0.3, 0.4) is 0 Å². The van der Waals surface area contributed by atoms with E-state index in [0.29, 0.717) is 0 Å². The van der Waals surface area contributed by atoms with Gasteiger partial charge in [-0.05, 0) is 23.8 Å². The molecule has 0 aliphatic heterocycles. The largest absolute Gasteiger partial charge is 0.450 e. The van der Waals surface area contributed by atoms with E-state index in [1.165, 1.54) is 12.1 Å². The van der Waals surface area contributed by atoms with E-state index in [9.17, 15) is 33.4 Å². The molecule has 0 aliphatic carbocycles. The minimum absolute atomic E-state index is 0.0762. The number of alkyl halides is 3. The molecule has 0 aliphatic rings. The van der Waals surface area contributed by atoms with E-state index >= 15 is 0 Å². The van der Waals surface area contributed by atoms with Gasteiger partial charge >= 0.3 is 11.9 Å². The summed E-state index contributed by atoms with van der Waals surface area (Å²) in [6.07, 6.45) is -5.79. The first-order valence-corrected chi connectivity index (χ1v) is 6.42. The van der Waals surface area contributed by atoms with Crippen LogP contribution in [0.1, 0.15) is 5.56 Å². The molecule has 0 N–H and O–H groups in total. The molecular weight excluding hydrogens is 333 g/mol. The molecule has 2 rings (SSSR count). The average molecular weight is 342 g/mol. The van der Waals surface area contributed by atoms with Crippen molar-refractivity contribution in [3.05, 3.63) is 68.3 Å². The van der Waals surface area contributed by atoms with Crippen LogP contribution in [0.5, 0.6) is 11.5 Å². The van der Waals surface area contributed by atoms with Crippen molar-refractivity contribution in [2.24, 2.45) is 0 Å². The van der Waals surface area contributed by atoms with Gasteiger partial charge in [0.05, 0.1) is 16.3 Å². The topological polar surface area (TPSA) is 95.5 Å². The number of ether oxygens (including phenoxy) is 1. The van der Waals surface area contributed by atoms with Crippen LogP contribution in [-0.4, -0.2) is 16.0 Å². The summed E-state index contributed by atoms with van der Waals surface area (Å²) >= 11 is 0. The zero-order valence-electron chi connectivity index (χ0n) is 11.8. The number of nitro groups is 2. The maximum atomic E-state index is 12.4. The van der Waals surface area contributed by atoms with Crippen molar-refractivity contribution in [1.29, 1.82) is 0 Å². The van der Waals surface area contributed by atoms with Gasteiger partial charge in [-0.2, -0.15) is 13.2 Å². The minimum atomic E-state index is -4.49. The summed E-state index contributed by atoms with van der Waals surface area (Å²) in [6, 6.07) is 7.64. The first kappa shape index (κ1) is 17.2. The Morgan fingerprint density at radius 3 is 2.08 bits per heavy atom. The van der Waals surface area contributed by atoms with E-state index < -0.39 is 28.1 Å². The number of hydrogen-bond acceptors (Lipinski definition) is 5. The van der Waals surface area contributed by atoms with Gasteiger partial charge in [0.2, 0.25) is 5.75 Å². The number of benzene rings is 2. The number of rotatable bonds is 5. The molecule has 0 saturated heterocycles. The smallest absolute Gasteiger partial charge is 0.393 e. The van der Waals surface area contributed by atoms with Crippen molar-refractivity contribution >= 4 is 11.4 Å². The van der Waals surface area contributed by atoms with Crippen LogP contribution in [-0.2, 0) is 6.42 Å². The minimum Gasteiger partial charge on any atom is -0.450 e. The third-order valence-corrected chi connectivity index (χ3v) is 2.90. The highest BCUT2D eigenvalue weighted by Gasteiger charge is 2.29. The van der Waals surface area contributed by atoms with Gasteiger partial charge in [-0.1, -0.05) is 6.07 Å². The van der Waals surface area contributed by atoms with Crippen LogP contribution in [0.2, 0.25) is 0 Å².